The molecule has 2 aromatic heterocycles. The summed E-state index contributed by atoms with van der Waals surface area (Å²) in [7, 11) is 0. The summed E-state index contributed by atoms with van der Waals surface area (Å²) < 4.78 is 5.93. The van der Waals surface area contributed by atoms with E-state index in [-0.39, 0.29) is 17.6 Å². The zero-order valence-corrected chi connectivity index (χ0v) is 21.2. The van der Waals surface area contributed by atoms with E-state index in [0.29, 0.717) is 49.4 Å². The summed E-state index contributed by atoms with van der Waals surface area (Å²) in [5.74, 6) is -0.496. The minimum Gasteiger partial charge on any atom is -0.451 e. The first-order valence-corrected chi connectivity index (χ1v) is 13.6. The van der Waals surface area contributed by atoms with Gasteiger partial charge in [0.2, 0.25) is 11.8 Å². The topological polar surface area (TPSA) is 128 Å². The molecule has 2 N–H and O–H groups in total. The van der Waals surface area contributed by atoms with E-state index < -0.39 is 17.0 Å². The van der Waals surface area contributed by atoms with E-state index in [9.17, 15) is 19.6 Å². The van der Waals surface area contributed by atoms with Gasteiger partial charge >= 0.3 is 0 Å². The van der Waals surface area contributed by atoms with Crippen LogP contribution in [0.5, 0.6) is 0 Å². The fourth-order valence-corrected chi connectivity index (χ4v) is 6.12. The minimum atomic E-state index is -1.05. The van der Waals surface area contributed by atoms with Crippen molar-refractivity contribution < 1.29 is 18.8 Å². The Labute approximate surface area is 217 Å². The molecule has 1 aliphatic heterocycles. The van der Waals surface area contributed by atoms with Crippen molar-refractivity contribution >= 4 is 45.2 Å². The molecule has 3 aliphatic rings. The van der Waals surface area contributed by atoms with Gasteiger partial charge < -0.3 is 15.1 Å². The van der Waals surface area contributed by atoms with Gasteiger partial charge in [-0.3, -0.25) is 19.3 Å². The minimum absolute atomic E-state index is 0.0994. The largest absolute Gasteiger partial charge is 0.451 e. The first-order valence-electron chi connectivity index (χ1n) is 12.8. The summed E-state index contributed by atoms with van der Waals surface area (Å²) in [4.78, 5) is 45.0. The van der Waals surface area contributed by atoms with Crippen LogP contribution in [0.2, 0.25) is 0 Å². The molecule has 0 atom stereocenters. The van der Waals surface area contributed by atoms with Crippen molar-refractivity contribution in [2.24, 2.45) is 0 Å². The molecule has 0 spiro atoms. The van der Waals surface area contributed by atoms with Crippen LogP contribution in [0.25, 0.3) is 22.2 Å². The summed E-state index contributed by atoms with van der Waals surface area (Å²) in [5, 5.41) is 18.6. The second kappa shape index (κ2) is 8.99. The van der Waals surface area contributed by atoms with Gasteiger partial charge in [0, 0.05) is 29.3 Å². The van der Waals surface area contributed by atoms with Crippen molar-refractivity contribution in [3.05, 3.63) is 35.4 Å². The monoisotopic (exact) mass is 517 g/mol. The molecule has 9 nitrogen and oxygen atoms in total. The molecule has 1 aromatic carbocycles. The Morgan fingerprint density at radius 2 is 1.89 bits per heavy atom. The number of rotatable bonds is 6. The number of thiazole rings is 1. The number of carbonyl (C=O) groups is 3. The van der Waals surface area contributed by atoms with Crippen LogP contribution in [-0.4, -0.2) is 40.3 Å². The molecule has 3 fully saturated rings. The molecule has 190 valence electrons. The highest BCUT2D eigenvalue weighted by molar-refractivity contribution is 7.14. The number of amides is 3. The van der Waals surface area contributed by atoms with Crippen LogP contribution in [0.3, 0.4) is 0 Å². The Hall–Kier alpha value is -3.71. The first kappa shape index (κ1) is 23.7. The number of anilines is 1. The van der Waals surface area contributed by atoms with E-state index in [2.05, 4.69) is 21.7 Å². The molecule has 0 radical (unpaired) electrons. The van der Waals surface area contributed by atoms with Gasteiger partial charge in [-0.15, -0.1) is 11.3 Å². The van der Waals surface area contributed by atoms with Crippen molar-refractivity contribution in [3.63, 3.8) is 0 Å². The molecule has 37 heavy (non-hydrogen) atoms. The van der Waals surface area contributed by atoms with E-state index in [0.717, 1.165) is 42.3 Å². The van der Waals surface area contributed by atoms with Gasteiger partial charge in [-0.05, 0) is 44.2 Å². The molecular formula is C27H27N5O4S. The number of fused-ring (bicyclic) bond motifs is 1. The molecule has 3 heterocycles. The van der Waals surface area contributed by atoms with Gasteiger partial charge in [-0.2, -0.15) is 5.26 Å². The fraction of sp³-hybridized carbons (Fsp3) is 0.444. The molecule has 0 unspecified atom stereocenters. The van der Waals surface area contributed by atoms with Crippen molar-refractivity contribution in [1.82, 2.24) is 15.6 Å². The normalized spacial score (nSPS) is 20.0. The summed E-state index contributed by atoms with van der Waals surface area (Å²) in [6.07, 6.45) is 6.40. The van der Waals surface area contributed by atoms with Gasteiger partial charge in [0.1, 0.15) is 16.7 Å². The quantitative estimate of drug-likeness (QED) is 0.502. The molecule has 3 aromatic rings. The van der Waals surface area contributed by atoms with Crippen LogP contribution < -0.4 is 15.5 Å². The fourth-order valence-electron chi connectivity index (χ4n) is 5.24. The summed E-state index contributed by atoms with van der Waals surface area (Å²) >= 11 is 1.43. The number of nitrogens with one attached hydrogen (secondary N) is 2. The van der Waals surface area contributed by atoms with Crippen molar-refractivity contribution in [1.29, 1.82) is 5.26 Å². The maximum absolute atomic E-state index is 13.3. The Morgan fingerprint density at radius 1 is 1.08 bits per heavy atom. The highest BCUT2D eigenvalue weighted by Crippen LogP contribution is 2.37. The Kier molecular flexibility index (Phi) is 5.75. The lowest BCUT2D eigenvalue weighted by molar-refractivity contribution is -0.129. The lowest BCUT2D eigenvalue weighted by atomic mass is 9.80. The molecule has 1 saturated heterocycles. The number of aromatic nitrogens is 1. The maximum Gasteiger partial charge on any atom is 0.287 e. The molecule has 2 aliphatic carbocycles. The van der Waals surface area contributed by atoms with Crippen LogP contribution >= 0.6 is 11.3 Å². The van der Waals surface area contributed by atoms with Gasteiger partial charge in [0.15, 0.2) is 10.9 Å². The number of nitriles is 1. The number of hydrogen-bond acceptors (Lipinski definition) is 7. The smallest absolute Gasteiger partial charge is 0.287 e. The van der Waals surface area contributed by atoms with E-state index in [1.807, 2.05) is 23.6 Å². The number of carbonyl (C=O) groups excluding carboxylic acids is 3. The van der Waals surface area contributed by atoms with Crippen molar-refractivity contribution in [2.75, 3.05) is 11.4 Å². The van der Waals surface area contributed by atoms with Gasteiger partial charge in [0.05, 0.1) is 11.8 Å². The van der Waals surface area contributed by atoms with Gasteiger partial charge in [-0.1, -0.05) is 31.4 Å². The zero-order valence-electron chi connectivity index (χ0n) is 20.3. The lowest BCUT2D eigenvalue weighted by Gasteiger charge is -2.37. The first-order chi connectivity index (χ1) is 17.9. The molecule has 2 saturated carbocycles. The van der Waals surface area contributed by atoms with Crippen LogP contribution in [-0.2, 0) is 9.59 Å². The average Bonchev–Trinajstić information content (AvgIpc) is 3.25. The number of furan rings is 1. The summed E-state index contributed by atoms with van der Waals surface area (Å²) in [5.41, 5.74) is 0.277. The summed E-state index contributed by atoms with van der Waals surface area (Å²) in [6.45, 7) is 0.693. The van der Waals surface area contributed by atoms with Gasteiger partial charge in [-0.25, -0.2) is 4.98 Å². The maximum atomic E-state index is 13.3. The average molecular weight is 518 g/mol. The van der Waals surface area contributed by atoms with E-state index in [4.69, 9.17) is 4.42 Å². The number of hydrogen-bond donors (Lipinski definition) is 2. The third kappa shape index (κ3) is 4.37. The number of nitrogens with zero attached hydrogens (tertiary/aromatic N) is 3. The SMILES string of the molecule is N#CC1(NC(=O)C2(NC(=O)c3cc4ccc(-c5csc(N6CCCC6=O)n5)cc4o3)CCCCC2)CC1. The third-order valence-electron chi connectivity index (χ3n) is 7.65. The predicted octanol–water partition coefficient (Wildman–Crippen LogP) is 4.29. The third-order valence-corrected chi connectivity index (χ3v) is 8.51. The second-order valence-corrected chi connectivity index (χ2v) is 11.1. The number of benzene rings is 1. The zero-order chi connectivity index (χ0) is 25.6. The Morgan fingerprint density at radius 3 is 2.59 bits per heavy atom. The highest BCUT2D eigenvalue weighted by atomic mass is 32.1. The Bertz CT molecular complexity index is 1440. The molecular weight excluding hydrogens is 490 g/mol. The molecule has 0 bridgehead atoms. The van der Waals surface area contributed by atoms with Gasteiger partial charge in [0.25, 0.3) is 5.91 Å². The van der Waals surface area contributed by atoms with Crippen LogP contribution in [0.15, 0.2) is 34.1 Å². The predicted molar refractivity (Wildman–Crippen MR) is 138 cm³/mol. The van der Waals surface area contributed by atoms with Crippen molar-refractivity contribution in [3.8, 4) is 17.3 Å². The molecule has 3 amide bonds. The van der Waals surface area contributed by atoms with E-state index >= 15 is 0 Å². The Balaban J connectivity index is 1.22. The van der Waals surface area contributed by atoms with Crippen LogP contribution in [0, 0.1) is 11.3 Å². The van der Waals surface area contributed by atoms with Crippen LogP contribution in [0.1, 0.15) is 68.3 Å². The second-order valence-electron chi connectivity index (χ2n) is 10.3. The van der Waals surface area contributed by atoms with Crippen molar-refractivity contribution in [2.45, 2.75) is 68.9 Å². The van der Waals surface area contributed by atoms with Crippen LogP contribution in [0.4, 0.5) is 5.13 Å². The lowest BCUT2D eigenvalue weighted by Crippen LogP contribution is -2.61. The highest BCUT2D eigenvalue weighted by Gasteiger charge is 2.50. The molecule has 6 rings (SSSR count). The summed E-state index contributed by atoms with van der Waals surface area (Å²) in [6, 6.07) is 9.49. The standard InChI is InChI=1S/C27H27N5O4S/c28-16-26(10-11-26)31-24(35)27(8-2-1-3-9-27)30-23(34)21-14-18-7-6-17(13-20(18)36-21)19-15-37-25(29-19)32-12-4-5-22(32)33/h6-7,13-15H,1-5,8-12H2,(H,30,34)(H,31,35). The van der Waals surface area contributed by atoms with E-state index in [1.165, 1.54) is 11.3 Å². The van der Waals surface area contributed by atoms with E-state index in [1.54, 1.807) is 11.0 Å². The molecule has 10 heteroatoms.